The molecule has 0 aliphatic heterocycles. The van der Waals surface area contributed by atoms with Gasteiger partial charge in [0.2, 0.25) is 11.6 Å². The van der Waals surface area contributed by atoms with Gasteiger partial charge in [-0.3, -0.25) is 4.79 Å². The number of carbonyl (C=O) groups excluding carboxylic acids is 2. The summed E-state index contributed by atoms with van der Waals surface area (Å²) in [6.07, 6.45) is 16.8. The van der Waals surface area contributed by atoms with E-state index in [1.807, 2.05) is 42.1 Å². The molecule has 8 heteroatoms. The van der Waals surface area contributed by atoms with Crippen molar-refractivity contribution in [3.05, 3.63) is 58.9 Å². The largest absolute Gasteiger partial charge is 1.00 e. The molecule has 218 valence electrons. The Balaban J connectivity index is 0.00000760. The quantitative estimate of drug-likeness (QED) is 0.128. The molecule has 0 N–H and O–H groups in total. The summed E-state index contributed by atoms with van der Waals surface area (Å²) in [6.45, 7) is 4.40. The highest BCUT2D eigenvalue weighted by Gasteiger charge is 2.23. The first kappa shape index (κ1) is 35.2. The number of rotatable bonds is 18. The number of nitrogens with zero attached hydrogens (tertiary/aromatic N) is 2. The lowest BCUT2D eigenvalue weighted by atomic mass is 10.1. The summed E-state index contributed by atoms with van der Waals surface area (Å²) < 4.78 is 13.1. The van der Waals surface area contributed by atoms with E-state index in [1.165, 1.54) is 71.1 Å². The van der Waals surface area contributed by atoms with Gasteiger partial charge in [0.1, 0.15) is 25.9 Å². The van der Waals surface area contributed by atoms with E-state index in [2.05, 4.69) is 6.92 Å². The minimum Gasteiger partial charge on any atom is -1.00 e. The number of aromatic nitrogens is 1. The van der Waals surface area contributed by atoms with Crippen molar-refractivity contribution in [2.45, 2.75) is 104 Å². The van der Waals surface area contributed by atoms with Crippen LogP contribution in [0.2, 0.25) is 5.02 Å². The summed E-state index contributed by atoms with van der Waals surface area (Å²) in [5.41, 5.74) is 1.55. The molecule has 0 atom stereocenters. The average molecular weight is 673 g/mol. The number of imide groups is 1. The third kappa shape index (κ3) is 14.4. The van der Waals surface area contributed by atoms with Crippen LogP contribution in [0.15, 0.2) is 42.6 Å². The molecule has 1 aromatic heterocycles. The highest BCUT2D eigenvalue weighted by Crippen LogP contribution is 2.26. The molecule has 1 heterocycles. The zero-order valence-corrected chi connectivity index (χ0v) is 26.8. The molecule has 0 aliphatic rings. The number of hydrogen-bond donors (Lipinski definition) is 0. The van der Waals surface area contributed by atoms with Gasteiger partial charge in [0, 0.05) is 19.1 Å². The van der Waals surface area contributed by atoms with E-state index in [-0.39, 0.29) is 43.0 Å². The summed E-state index contributed by atoms with van der Waals surface area (Å²) in [5, 5.41) is 0.484. The number of amides is 2. The van der Waals surface area contributed by atoms with Crippen molar-refractivity contribution in [3.8, 4) is 5.75 Å². The fourth-order valence-electron chi connectivity index (χ4n) is 4.29. The molecule has 0 saturated carbocycles. The molecule has 0 saturated heterocycles. The number of unbranched alkanes of at least 4 members (excludes halogenated alkanes) is 11. The summed E-state index contributed by atoms with van der Waals surface area (Å²) in [5.74, 6) is 0.255. The molecule has 0 bridgehead atoms. The zero-order chi connectivity index (χ0) is 27.6. The fraction of sp³-hybridized carbons (Fsp3) is 0.581. The van der Waals surface area contributed by atoms with Crippen molar-refractivity contribution in [1.82, 2.24) is 4.90 Å². The number of hydrogen-bond acceptors (Lipinski definition) is 4. The third-order valence-corrected chi connectivity index (χ3v) is 6.99. The molecule has 1 aromatic carbocycles. The molecule has 2 amide bonds. The number of ether oxygens (including phenoxy) is 2. The van der Waals surface area contributed by atoms with Gasteiger partial charge in [-0.15, -0.1) is 0 Å². The first-order valence-electron chi connectivity index (χ1n) is 14.2. The van der Waals surface area contributed by atoms with Gasteiger partial charge in [0.25, 0.3) is 0 Å². The smallest absolute Gasteiger partial charge is 0.417 e. The molecule has 0 aliphatic carbocycles. The Kier molecular flexibility index (Phi) is 18.9. The van der Waals surface area contributed by atoms with Crippen molar-refractivity contribution >= 4 is 23.6 Å². The van der Waals surface area contributed by atoms with Gasteiger partial charge in [-0.2, -0.15) is 0 Å². The lowest BCUT2D eigenvalue weighted by Gasteiger charge is -2.18. The molecule has 39 heavy (non-hydrogen) atoms. The maximum Gasteiger partial charge on any atom is 0.417 e. The maximum absolute atomic E-state index is 12.6. The molecule has 2 aromatic rings. The second kappa shape index (κ2) is 21.0. The Morgan fingerprint density at radius 3 is 2.08 bits per heavy atom. The van der Waals surface area contributed by atoms with E-state index in [4.69, 9.17) is 21.1 Å². The van der Waals surface area contributed by atoms with Gasteiger partial charge in [0.15, 0.2) is 6.20 Å². The molecule has 0 unspecified atom stereocenters. The van der Waals surface area contributed by atoms with Gasteiger partial charge in [-0.25, -0.2) is 14.3 Å². The van der Waals surface area contributed by atoms with Crippen LogP contribution in [0.25, 0.3) is 0 Å². The average Bonchev–Trinajstić information content (AvgIpc) is 2.90. The zero-order valence-electron chi connectivity index (χ0n) is 23.9. The van der Waals surface area contributed by atoms with Gasteiger partial charge in [-0.1, -0.05) is 101 Å². The molecule has 6 nitrogen and oxygen atoms in total. The molecular formula is C31H46ClIN2O4. The van der Waals surface area contributed by atoms with Gasteiger partial charge < -0.3 is 33.5 Å². The Hall–Kier alpha value is -1.87. The predicted molar refractivity (Wildman–Crippen MR) is 152 cm³/mol. The summed E-state index contributed by atoms with van der Waals surface area (Å²) in [4.78, 5) is 25.7. The van der Waals surface area contributed by atoms with Crippen LogP contribution in [-0.2, 0) is 29.7 Å². The van der Waals surface area contributed by atoms with E-state index in [9.17, 15) is 9.59 Å². The van der Waals surface area contributed by atoms with Gasteiger partial charge in [-0.05, 0) is 24.1 Å². The van der Waals surface area contributed by atoms with Crippen LogP contribution in [0.5, 0.6) is 5.75 Å². The fourth-order valence-corrected chi connectivity index (χ4v) is 4.55. The van der Waals surface area contributed by atoms with Gasteiger partial charge >= 0.3 is 6.09 Å². The monoisotopic (exact) mass is 672 g/mol. The maximum atomic E-state index is 12.6. The Labute approximate surface area is 257 Å². The predicted octanol–water partition coefficient (Wildman–Crippen LogP) is 4.93. The van der Waals surface area contributed by atoms with Crippen molar-refractivity contribution in [2.75, 3.05) is 6.61 Å². The van der Waals surface area contributed by atoms with E-state index in [0.717, 1.165) is 29.0 Å². The SMILES string of the molecule is CCCCCCCCCCCCCCOc1ccc(COC(=O)N(Cc2cccc[n+]2C)C(C)=O)cc1Cl.[I-]. The van der Waals surface area contributed by atoms with E-state index < -0.39 is 6.09 Å². The molecule has 0 spiro atoms. The summed E-state index contributed by atoms with van der Waals surface area (Å²) >= 11 is 6.40. The Bertz CT molecular complexity index is 989. The summed E-state index contributed by atoms with van der Waals surface area (Å²) in [7, 11) is 1.86. The van der Waals surface area contributed by atoms with Crippen LogP contribution >= 0.6 is 11.6 Å². The molecular weight excluding hydrogens is 627 g/mol. The highest BCUT2D eigenvalue weighted by molar-refractivity contribution is 6.32. The molecule has 0 radical (unpaired) electrons. The van der Waals surface area contributed by atoms with Crippen LogP contribution in [0, 0.1) is 0 Å². The van der Waals surface area contributed by atoms with Crippen molar-refractivity contribution < 1.29 is 47.6 Å². The molecule has 0 fully saturated rings. The van der Waals surface area contributed by atoms with E-state index >= 15 is 0 Å². The van der Waals surface area contributed by atoms with E-state index in [1.54, 1.807) is 12.1 Å². The first-order valence-corrected chi connectivity index (χ1v) is 14.6. The Morgan fingerprint density at radius 2 is 1.51 bits per heavy atom. The first-order chi connectivity index (χ1) is 18.4. The number of aryl methyl sites for hydroxylation is 1. The minimum absolute atomic E-state index is 0. The normalized spacial score (nSPS) is 10.6. The Morgan fingerprint density at radius 1 is 0.897 bits per heavy atom. The number of halogens is 2. The van der Waals surface area contributed by atoms with Crippen LogP contribution in [0.1, 0.15) is 102 Å². The van der Waals surface area contributed by atoms with Crippen molar-refractivity contribution in [2.24, 2.45) is 7.05 Å². The number of benzene rings is 1. The van der Waals surface area contributed by atoms with Crippen LogP contribution in [0.4, 0.5) is 4.79 Å². The number of carbonyl (C=O) groups is 2. The number of pyridine rings is 1. The van der Waals surface area contributed by atoms with Crippen molar-refractivity contribution in [3.63, 3.8) is 0 Å². The minimum atomic E-state index is -0.690. The highest BCUT2D eigenvalue weighted by atomic mass is 127. The topological polar surface area (TPSA) is 59.7 Å². The van der Waals surface area contributed by atoms with Crippen LogP contribution in [-0.4, -0.2) is 23.5 Å². The van der Waals surface area contributed by atoms with E-state index in [0.29, 0.717) is 17.4 Å². The van der Waals surface area contributed by atoms with Gasteiger partial charge in [0.05, 0.1) is 11.6 Å². The van der Waals surface area contributed by atoms with Crippen LogP contribution in [0.3, 0.4) is 0 Å². The standard InChI is InChI=1S/C31H46ClN2O4.HI/c1-4-5-6-7-8-9-10-11-12-13-14-17-22-37-30-20-19-27(23-29(30)32)25-38-31(36)34(26(2)35)24-28-18-15-16-21-33(28)3;/h15-16,18-21,23H,4-14,17,22,24-25H2,1-3H3;1H/q+1;/p-1. The third-order valence-electron chi connectivity index (χ3n) is 6.70. The lowest BCUT2D eigenvalue weighted by Crippen LogP contribution is -3.00. The second-order valence-electron chi connectivity index (χ2n) is 9.96. The second-order valence-corrected chi connectivity index (χ2v) is 10.4. The summed E-state index contributed by atoms with van der Waals surface area (Å²) in [6, 6.07) is 11.0. The molecule has 2 rings (SSSR count). The van der Waals surface area contributed by atoms with Crippen molar-refractivity contribution in [1.29, 1.82) is 0 Å². The van der Waals surface area contributed by atoms with Crippen LogP contribution < -0.4 is 33.3 Å². The lowest BCUT2D eigenvalue weighted by molar-refractivity contribution is -0.679.